The number of hydrogen-bond acceptors (Lipinski definition) is 2. The minimum atomic E-state index is -0.104. The molecule has 2 unspecified atom stereocenters. The number of rotatable bonds is 3. The van der Waals surface area contributed by atoms with Crippen molar-refractivity contribution in [2.75, 3.05) is 13.1 Å². The topological polar surface area (TPSA) is 21.3 Å². The molecule has 2 rings (SSSR count). The molecule has 17 heavy (non-hydrogen) atoms. The second-order valence-corrected chi connectivity index (χ2v) is 5.47. The van der Waals surface area contributed by atoms with E-state index in [0.29, 0.717) is 6.10 Å². The molecule has 2 atom stereocenters. The second kappa shape index (κ2) is 5.38. The molecule has 0 aromatic heterocycles. The third-order valence-electron chi connectivity index (χ3n) is 3.27. The molecule has 1 aromatic carbocycles. The highest BCUT2D eigenvalue weighted by Gasteiger charge is 2.32. The SMILES string of the molecule is CCC1CNCC(C)(Cc2ccc(Cl)cc2)O1. The lowest BCUT2D eigenvalue weighted by molar-refractivity contribution is -0.105. The van der Waals surface area contributed by atoms with E-state index >= 15 is 0 Å². The van der Waals surface area contributed by atoms with E-state index in [1.54, 1.807) is 0 Å². The first-order valence-electron chi connectivity index (χ1n) is 6.24. The van der Waals surface area contributed by atoms with Gasteiger partial charge in [0.25, 0.3) is 0 Å². The maximum absolute atomic E-state index is 6.16. The van der Waals surface area contributed by atoms with Gasteiger partial charge in [-0.05, 0) is 31.0 Å². The summed E-state index contributed by atoms with van der Waals surface area (Å²) in [5.74, 6) is 0. The van der Waals surface area contributed by atoms with Gasteiger partial charge in [-0.25, -0.2) is 0 Å². The van der Waals surface area contributed by atoms with Gasteiger partial charge in [0.1, 0.15) is 0 Å². The summed E-state index contributed by atoms with van der Waals surface area (Å²) in [5, 5.41) is 4.24. The summed E-state index contributed by atoms with van der Waals surface area (Å²) < 4.78 is 6.16. The minimum absolute atomic E-state index is 0.104. The van der Waals surface area contributed by atoms with Crippen molar-refractivity contribution < 1.29 is 4.74 Å². The number of ether oxygens (including phenoxy) is 1. The van der Waals surface area contributed by atoms with Crippen molar-refractivity contribution in [2.24, 2.45) is 0 Å². The standard InChI is InChI=1S/C14H20ClNO/c1-3-13-9-16-10-14(2,17-13)8-11-4-6-12(15)7-5-11/h4-7,13,16H,3,8-10H2,1-2H3. The maximum atomic E-state index is 6.16. The van der Waals surface area contributed by atoms with Crippen LogP contribution in [0.5, 0.6) is 0 Å². The van der Waals surface area contributed by atoms with Crippen LogP contribution < -0.4 is 5.32 Å². The minimum Gasteiger partial charge on any atom is -0.369 e. The average Bonchev–Trinajstić information content (AvgIpc) is 2.32. The molecule has 1 aliphatic rings. The molecule has 0 amide bonds. The molecule has 1 aromatic rings. The van der Waals surface area contributed by atoms with Crippen LogP contribution in [0.3, 0.4) is 0 Å². The lowest BCUT2D eigenvalue weighted by Gasteiger charge is -2.39. The summed E-state index contributed by atoms with van der Waals surface area (Å²) in [6.45, 7) is 6.22. The molecule has 1 N–H and O–H groups in total. The van der Waals surface area contributed by atoms with Crippen molar-refractivity contribution in [1.29, 1.82) is 0 Å². The van der Waals surface area contributed by atoms with Crippen LogP contribution in [-0.2, 0) is 11.2 Å². The van der Waals surface area contributed by atoms with E-state index < -0.39 is 0 Å². The molecule has 0 spiro atoms. The first-order chi connectivity index (χ1) is 8.11. The molecule has 0 saturated carbocycles. The zero-order chi connectivity index (χ0) is 12.3. The highest BCUT2D eigenvalue weighted by Crippen LogP contribution is 2.23. The smallest absolute Gasteiger partial charge is 0.0822 e. The third kappa shape index (κ3) is 3.44. The zero-order valence-corrected chi connectivity index (χ0v) is 11.3. The molecule has 1 aliphatic heterocycles. The lowest BCUT2D eigenvalue weighted by atomic mass is 9.94. The quantitative estimate of drug-likeness (QED) is 0.894. The Bertz CT molecular complexity index is 365. The largest absolute Gasteiger partial charge is 0.369 e. The summed E-state index contributed by atoms with van der Waals surface area (Å²) in [4.78, 5) is 0. The van der Waals surface area contributed by atoms with Crippen LogP contribution in [0.15, 0.2) is 24.3 Å². The Morgan fingerprint density at radius 2 is 2.12 bits per heavy atom. The van der Waals surface area contributed by atoms with E-state index in [-0.39, 0.29) is 5.60 Å². The van der Waals surface area contributed by atoms with Crippen molar-refractivity contribution in [1.82, 2.24) is 5.32 Å². The molecule has 1 heterocycles. The van der Waals surface area contributed by atoms with Crippen LogP contribution in [0.4, 0.5) is 0 Å². The van der Waals surface area contributed by atoms with Crippen LogP contribution in [-0.4, -0.2) is 24.8 Å². The molecule has 0 radical (unpaired) electrons. The van der Waals surface area contributed by atoms with Crippen molar-refractivity contribution in [3.63, 3.8) is 0 Å². The summed E-state index contributed by atoms with van der Waals surface area (Å²) in [5.41, 5.74) is 1.17. The van der Waals surface area contributed by atoms with Gasteiger partial charge in [0.15, 0.2) is 0 Å². The highest BCUT2D eigenvalue weighted by molar-refractivity contribution is 6.30. The van der Waals surface area contributed by atoms with Crippen molar-refractivity contribution in [3.05, 3.63) is 34.9 Å². The molecule has 0 bridgehead atoms. The van der Waals surface area contributed by atoms with Crippen LogP contribution in [0.1, 0.15) is 25.8 Å². The number of benzene rings is 1. The molecule has 2 nitrogen and oxygen atoms in total. The molecule has 1 fully saturated rings. The fraction of sp³-hybridized carbons (Fsp3) is 0.571. The highest BCUT2D eigenvalue weighted by atomic mass is 35.5. The number of halogens is 1. The summed E-state index contributed by atoms with van der Waals surface area (Å²) in [7, 11) is 0. The Labute approximate surface area is 108 Å². The fourth-order valence-electron chi connectivity index (χ4n) is 2.35. The van der Waals surface area contributed by atoms with Crippen LogP contribution in [0.2, 0.25) is 5.02 Å². The van der Waals surface area contributed by atoms with Gasteiger partial charge in [-0.1, -0.05) is 30.7 Å². The zero-order valence-electron chi connectivity index (χ0n) is 10.5. The van der Waals surface area contributed by atoms with E-state index in [0.717, 1.165) is 31.0 Å². The Morgan fingerprint density at radius 1 is 1.41 bits per heavy atom. The van der Waals surface area contributed by atoms with E-state index in [4.69, 9.17) is 16.3 Å². The predicted octanol–water partition coefficient (Wildman–Crippen LogP) is 3.04. The van der Waals surface area contributed by atoms with Gasteiger partial charge >= 0.3 is 0 Å². The van der Waals surface area contributed by atoms with E-state index in [2.05, 4.69) is 31.3 Å². The lowest BCUT2D eigenvalue weighted by Crippen LogP contribution is -2.53. The number of hydrogen-bond donors (Lipinski definition) is 1. The third-order valence-corrected chi connectivity index (χ3v) is 3.52. The molecule has 0 aliphatic carbocycles. The van der Waals surface area contributed by atoms with Gasteiger partial charge in [-0.15, -0.1) is 0 Å². The van der Waals surface area contributed by atoms with E-state index in [9.17, 15) is 0 Å². The Hall–Kier alpha value is -0.570. The summed E-state index contributed by atoms with van der Waals surface area (Å²) in [6, 6.07) is 8.03. The van der Waals surface area contributed by atoms with Crippen molar-refractivity contribution in [2.45, 2.75) is 38.4 Å². The average molecular weight is 254 g/mol. The summed E-state index contributed by atoms with van der Waals surface area (Å²) in [6.07, 6.45) is 2.32. The fourth-order valence-corrected chi connectivity index (χ4v) is 2.48. The molecular weight excluding hydrogens is 234 g/mol. The normalized spacial score (nSPS) is 29.2. The van der Waals surface area contributed by atoms with Crippen LogP contribution in [0.25, 0.3) is 0 Å². The Kier molecular flexibility index (Phi) is 4.08. The van der Waals surface area contributed by atoms with Gasteiger partial charge in [0.05, 0.1) is 11.7 Å². The summed E-state index contributed by atoms with van der Waals surface area (Å²) >= 11 is 5.89. The number of nitrogens with one attached hydrogen (secondary N) is 1. The van der Waals surface area contributed by atoms with Gasteiger partial charge in [0, 0.05) is 24.5 Å². The van der Waals surface area contributed by atoms with E-state index in [1.807, 2.05) is 12.1 Å². The van der Waals surface area contributed by atoms with Gasteiger partial charge in [0.2, 0.25) is 0 Å². The maximum Gasteiger partial charge on any atom is 0.0822 e. The Balaban J connectivity index is 2.03. The van der Waals surface area contributed by atoms with Crippen molar-refractivity contribution in [3.8, 4) is 0 Å². The first kappa shape index (κ1) is 12.9. The predicted molar refractivity (Wildman–Crippen MR) is 71.6 cm³/mol. The molecule has 3 heteroatoms. The monoisotopic (exact) mass is 253 g/mol. The second-order valence-electron chi connectivity index (χ2n) is 5.03. The first-order valence-corrected chi connectivity index (χ1v) is 6.62. The van der Waals surface area contributed by atoms with E-state index in [1.165, 1.54) is 5.56 Å². The number of morpholine rings is 1. The van der Waals surface area contributed by atoms with Crippen LogP contribution >= 0.6 is 11.6 Å². The molecular formula is C14H20ClNO. The van der Waals surface area contributed by atoms with Gasteiger partial charge in [-0.3, -0.25) is 0 Å². The molecule has 1 saturated heterocycles. The van der Waals surface area contributed by atoms with Gasteiger partial charge < -0.3 is 10.1 Å². The molecule has 94 valence electrons. The van der Waals surface area contributed by atoms with Crippen molar-refractivity contribution >= 4 is 11.6 Å². The van der Waals surface area contributed by atoms with Crippen LogP contribution in [0, 0.1) is 0 Å². The Morgan fingerprint density at radius 3 is 2.76 bits per heavy atom. The van der Waals surface area contributed by atoms with Gasteiger partial charge in [-0.2, -0.15) is 0 Å².